The van der Waals surface area contributed by atoms with Crippen molar-refractivity contribution >= 4 is 22.5 Å². The monoisotopic (exact) mass is 450 g/mol. The molecule has 4 rings (SSSR count). The normalized spacial score (nSPS) is 23.7. The fraction of sp³-hybridized carbons (Fsp3) is 0.609. The second-order valence-corrected chi connectivity index (χ2v) is 9.18. The molecule has 0 radical (unpaired) electrons. The topological polar surface area (TPSA) is 78.4 Å². The molecule has 1 unspecified atom stereocenters. The number of hydrogen-bond acceptors (Lipinski definition) is 6. The lowest BCUT2D eigenvalue weighted by atomic mass is 9.80. The van der Waals surface area contributed by atoms with Gasteiger partial charge in [0.15, 0.2) is 5.78 Å². The SMILES string of the molecule is CC(O)C1CCC(N2CC(CC(=O)CNc3ncnc4ccc(C(F)(F)F)cc34)C2)CC1. The standard InChI is InChI=1S/C23H29F3N4O2/c1-14(31)16-2-5-18(6-3-16)30-11-15(12-30)8-19(32)10-27-22-20-9-17(23(24,25)26)4-7-21(20)28-13-29-22/h4,7,9,13-16,18,31H,2-3,5-6,8,10-12H2,1H3,(H,27,28,29). The lowest BCUT2D eigenvalue weighted by Crippen LogP contribution is -2.53. The predicted octanol–water partition coefficient (Wildman–Crippen LogP) is 3.89. The van der Waals surface area contributed by atoms with Gasteiger partial charge in [0.2, 0.25) is 0 Å². The number of hydrogen-bond donors (Lipinski definition) is 2. The number of carbonyl (C=O) groups excluding carboxylic acids is 1. The Hall–Kier alpha value is -2.26. The number of likely N-dealkylation sites (tertiary alicyclic amines) is 1. The Balaban J connectivity index is 1.26. The Labute approximate surface area is 185 Å². The van der Waals surface area contributed by atoms with Crippen molar-refractivity contribution in [3.8, 4) is 0 Å². The Morgan fingerprint density at radius 1 is 1.22 bits per heavy atom. The Bertz CT molecular complexity index is 952. The zero-order valence-corrected chi connectivity index (χ0v) is 18.1. The van der Waals surface area contributed by atoms with Crippen LogP contribution in [0.25, 0.3) is 10.9 Å². The number of ketones is 1. The zero-order chi connectivity index (χ0) is 22.9. The van der Waals surface area contributed by atoms with E-state index in [4.69, 9.17) is 0 Å². The number of rotatable bonds is 7. The van der Waals surface area contributed by atoms with E-state index < -0.39 is 11.7 Å². The number of carbonyl (C=O) groups is 1. The van der Waals surface area contributed by atoms with Crippen LogP contribution in [0, 0.1) is 11.8 Å². The number of anilines is 1. The largest absolute Gasteiger partial charge is 0.416 e. The molecule has 9 heteroatoms. The number of nitrogens with one attached hydrogen (secondary N) is 1. The number of aliphatic hydroxyl groups is 1. The van der Waals surface area contributed by atoms with E-state index in [1.54, 1.807) is 0 Å². The molecule has 1 atom stereocenters. The van der Waals surface area contributed by atoms with Crippen LogP contribution in [0.4, 0.5) is 19.0 Å². The third kappa shape index (κ3) is 5.20. The highest BCUT2D eigenvalue weighted by Crippen LogP contribution is 2.34. The van der Waals surface area contributed by atoms with Crippen molar-refractivity contribution in [2.24, 2.45) is 11.8 Å². The van der Waals surface area contributed by atoms with Gasteiger partial charge in [-0.1, -0.05) is 0 Å². The number of fused-ring (bicyclic) bond motifs is 1. The molecule has 1 saturated carbocycles. The summed E-state index contributed by atoms with van der Waals surface area (Å²) in [6.45, 7) is 3.70. The van der Waals surface area contributed by atoms with E-state index in [0.717, 1.165) is 50.9 Å². The van der Waals surface area contributed by atoms with Crippen molar-refractivity contribution in [3.63, 3.8) is 0 Å². The average molecular weight is 451 g/mol. The number of aliphatic hydroxyl groups excluding tert-OH is 1. The minimum Gasteiger partial charge on any atom is -0.393 e. The first kappa shape index (κ1) is 22.9. The van der Waals surface area contributed by atoms with Gasteiger partial charge in [-0.05, 0) is 62.6 Å². The Morgan fingerprint density at radius 2 is 1.94 bits per heavy atom. The van der Waals surface area contributed by atoms with Crippen molar-refractivity contribution < 1.29 is 23.1 Å². The average Bonchev–Trinajstić information content (AvgIpc) is 2.73. The van der Waals surface area contributed by atoms with Crippen molar-refractivity contribution in [1.82, 2.24) is 14.9 Å². The van der Waals surface area contributed by atoms with Crippen molar-refractivity contribution in [1.29, 1.82) is 0 Å². The van der Waals surface area contributed by atoms with Gasteiger partial charge in [-0.2, -0.15) is 13.2 Å². The second-order valence-electron chi connectivity index (χ2n) is 9.18. The number of benzene rings is 1. The van der Waals surface area contributed by atoms with E-state index >= 15 is 0 Å². The summed E-state index contributed by atoms with van der Waals surface area (Å²) in [5, 5.41) is 12.9. The van der Waals surface area contributed by atoms with Gasteiger partial charge >= 0.3 is 6.18 Å². The molecule has 1 aliphatic carbocycles. The third-order valence-corrected chi connectivity index (χ3v) is 6.86. The minimum absolute atomic E-state index is 0.0196. The minimum atomic E-state index is -4.46. The quantitative estimate of drug-likeness (QED) is 0.667. The molecule has 1 aromatic carbocycles. The van der Waals surface area contributed by atoms with E-state index in [9.17, 15) is 23.1 Å². The van der Waals surface area contributed by atoms with Crippen LogP contribution in [0.3, 0.4) is 0 Å². The molecule has 0 bridgehead atoms. The molecule has 6 nitrogen and oxygen atoms in total. The molecule has 0 spiro atoms. The van der Waals surface area contributed by atoms with Gasteiger partial charge in [0.25, 0.3) is 0 Å². The maximum absolute atomic E-state index is 13.0. The first-order valence-electron chi connectivity index (χ1n) is 11.2. The Morgan fingerprint density at radius 3 is 2.59 bits per heavy atom. The van der Waals surface area contributed by atoms with Crippen LogP contribution >= 0.6 is 0 Å². The number of aromatic nitrogens is 2. The molecule has 2 heterocycles. The van der Waals surface area contributed by atoms with E-state index in [0.29, 0.717) is 29.8 Å². The van der Waals surface area contributed by atoms with E-state index in [1.165, 1.54) is 12.4 Å². The first-order chi connectivity index (χ1) is 15.2. The third-order valence-electron chi connectivity index (χ3n) is 6.86. The molecule has 2 aliphatic rings. The predicted molar refractivity (Wildman–Crippen MR) is 115 cm³/mol. The van der Waals surface area contributed by atoms with Crippen LogP contribution in [-0.2, 0) is 11.0 Å². The van der Waals surface area contributed by atoms with Crippen molar-refractivity contribution in [2.75, 3.05) is 25.0 Å². The van der Waals surface area contributed by atoms with Gasteiger partial charge in [-0.3, -0.25) is 9.69 Å². The highest BCUT2D eigenvalue weighted by atomic mass is 19.4. The van der Waals surface area contributed by atoms with Gasteiger partial charge in [0.05, 0.1) is 23.7 Å². The first-order valence-corrected chi connectivity index (χ1v) is 11.2. The highest BCUT2D eigenvalue weighted by molar-refractivity contribution is 5.91. The molecule has 2 aromatic rings. The number of Topliss-reactive ketones (excluding diaryl/α,β-unsaturated/α-hetero) is 1. The van der Waals surface area contributed by atoms with Crippen molar-refractivity contribution in [2.45, 2.75) is 57.3 Å². The molecule has 174 valence electrons. The van der Waals surface area contributed by atoms with Gasteiger partial charge in [0.1, 0.15) is 12.1 Å². The summed E-state index contributed by atoms with van der Waals surface area (Å²) in [6, 6.07) is 3.86. The van der Waals surface area contributed by atoms with E-state index in [2.05, 4.69) is 20.2 Å². The van der Waals surface area contributed by atoms with E-state index in [1.807, 2.05) is 6.92 Å². The smallest absolute Gasteiger partial charge is 0.393 e. The summed E-state index contributed by atoms with van der Waals surface area (Å²) >= 11 is 0. The van der Waals surface area contributed by atoms with Crippen LogP contribution in [0.5, 0.6) is 0 Å². The molecule has 1 saturated heterocycles. The maximum atomic E-state index is 13.0. The molecule has 0 amide bonds. The number of halogens is 3. The van der Waals surface area contributed by atoms with Crippen LogP contribution in [-0.4, -0.2) is 57.5 Å². The zero-order valence-electron chi connectivity index (χ0n) is 18.1. The summed E-state index contributed by atoms with van der Waals surface area (Å²) < 4.78 is 39.1. The fourth-order valence-electron chi connectivity index (χ4n) is 4.94. The molecule has 2 N–H and O–H groups in total. The lowest BCUT2D eigenvalue weighted by Gasteiger charge is -2.47. The van der Waals surface area contributed by atoms with E-state index in [-0.39, 0.29) is 29.6 Å². The molecule has 1 aromatic heterocycles. The summed E-state index contributed by atoms with van der Waals surface area (Å²) in [7, 11) is 0. The molecule has 1 aliphatic heterocycles. The second kappa shape index (κ2) is 9.31. The van der Waals surface area contributed by atoms with Crippen LogP contribution < -0.4 is 5.32 Å². The summed E-state index contributed by atoms with van der Waals surface area (Å²) in [5.74, 6) is 0.976. The van der Waals surface area contributed by atoms with Crippen LogP contribution in [0.2, 0.25) is 0 Å². The Kier molecular flexibility index (Phi) is 6.67. The summed E-state index contributed by atoms with van der Waals surface area (Å²) in [4.78, 5) is 22.9. The highest BCUT2D eigenvalue weighted by Gasteiger charge is 2.36. The number of alkyl halides is 3. The van der Waals surface area contributed by atoms with Crippen LogP contribution in [0.1, 0.15) is 44.6 Å². The van der Waals surface area contributed by atoms with Gasteiger partial charge < -0.3 is 10.4 Å². The summed E-state index contributed by atoms with van der Waals surface area (Å²) in [5.41, 5.74) is -0.380. The molecular weight excluding hydrogens is 421 g/mol. The van der Waals surface area contributed by atoms with Crippen molar-refractivity contribution in [3.05, 3.63) is 30.1 Å². The van der Waals surface area contributed by atoms with Gasteiger partial charge in [-0.25, -0.2) is 9.97 Å². The fourth-order valence-corrected chi connectivity index (χ4v) is 4.94. The van der Waals surface area contributed by atoms with Gasteiger partial charge in [0, 0.05) is 30.9 Å². The molecular formula is C23H29F3N4O2. The van der Waals surface area contributed by atoms with Crippen LogP contribution in [0.15, 0.2) is 24.5 Å². The summed E-state index contributed by atoms with van der Waals surface area (Å²) in [6.07, 6.45) is 1.32. The molecule has 32 heavy (non-hydrogen) atoms. The lowest BCUT2D eigenvalue weighted by molar-refractivity contribution is -0.137. The molecule has 2 fully saturated rings. The maximum Gasteiger partial charge on any atom is 0.416 e. The number of nitrogens with zero attached hydrogens (tertiary/aromatic N) is 3. The van der Waals surface area contributed by atoms with Gasteiger partial charge in [-0.15, -0.1) is 0 Å².